The Balaban J connectivity index is 1.83. The molecule has 1 aromatic carbocycles. The average molecular weight is 311 g/mol. The Labute approximate surface area is 133 Å². The van der Waals surface area contributed by atoms with Gasteiger partial charge in [0.2, 0.25) is 0 Å². The molecule has 1 saturated heterocycles. The molecule has 0 radical (unpaired) electrons. The van der Waals surface area contributed by atoms with Gasteiger partial charge in [0.25, 0.3) is 0 Å². The quantitative estimate of drug-likeness (QED) is 0.789. The molecule has 4 nitrogen and oxygen atoms in total. The van der Waals surface area contributed by atoms with Crippen LogP contribution < -0.4 is 4.90 Å². The third-order valence-corrected chi connectivity index (χ3v) is 5.09. The van der Waals surface area contributed by atoms with E-state index in [-0.39, 0.29) is 6.10 Å². The summed E-state index contributed by atoms with van der Waals surface area (Å²) in [5.74, 6) is 0.997. The van der Waals surface area contributed by atoms with E-state index in [2.05, 4.69) is 44.5 Å². The molecule has 112 valence electrons. The highest BCUT2D eigenvalue weighted by Crippen LogP contribution is 2.38. The van der Waals surface area contributed by atoms with Gasteiger partial charge in [0.1, 0.15) is 17.0 Å². The minimum absolute atomic E-state index is 0.176. The third-order valence-electron chi connectivity index (χ3n) is 4.20. The van der Waals surface area contributed by atoms with Gasteiger partial charge in [-0.25, -0.2) is 9.97 Å². The predicted molar refractivity (Wildman–Crippen MR) is 90.3 cm³/mol. The van der Waals surface area contributed by atoms with E-state index in [1.807, 2.05) is 6.07 Å². The molecule has 3 heterocycles. The number of hydrogen-bond acceptors (Lipinski definition) is 5. The summed E-state index contributed by atoms with van der Waals surface area (Å²) in [7, 11) is 0. The number of fused-ring (bicyclic) bond motifs is 1. The van der Waals surface area contributed by atoms with Crippen LogP contribution in [0.15, 0.2) is 42.0 Å². The highest BCUT2D eigenvalue weighted by Gasteiger charge is 2.22. The summed E-state index contributed by atoms with van der Waals surface area (Å²) in [6.07, 6.45) is 3.07. The zero-order valence-electron chi connectivity index (χ0n) is 12.1. The summed E-state index contributed by atoms with van der Waals surface area (Å²) in [5, 5.41) is 13.0. The Bertz CT molecular complexity index is 779. The fourth-order valence-corrected chi connectivity index (χ4v) is 3.92. The number of aliphatic hydroxyl groups is 1. The molecular formula is C17H17N3OS. The molecule has 2 aromatic heterocycles. The number of aromatic nitrogens is 2. The molecule has 1 aliphatic heterocycles. The maximum Gasteiger partial charge on any atom is 0.141 e. The Morgan fingerprint density at radius 3 is 2.64 bits per heavy atom. The van der Waals surface area contributed by atoms with Crippen LogP contribution in [0.3, 0.4) is 0 Å². The lowest BCUT2D eigenvalue weighted by atomic mass is 10.0. The van der Waals surface area contributed by atoms with Crippen LogP contribution in [0.5, 0.6) is 0 Å². The van der Waals surface area contributed by atoms with Crippen molar-refractivity contribution in [2.24, 2.45) is 0 Å². The van der Waals surface area contributed by atoms with Gasteiger partial charge in [-0.2, -0.15) is 0 Å². The summed E-state index contributed by atoms with van der Waals surface area (Å²) in [6, 6.07) is 10.4. The summed E-state index contributed by atoms with van der Waals surface area (Å²) in [6.45, 7) is 1.69. The van der Waals surface area contributed by atoms with Gasteiger partial charge in [-0.05, 0) is 18.4 Å². The van der Waals surface area contributed by atoms with Crippen molar-refractivity contribution < 1.29 is 5.11 Å². The zero-order valence-corrected chi connectivity index (χ0v) is 13.0. The smallest absolute Gasteiger partial charge is 0.141 e. The van der Waals surface area contributed by atoms with Gasteiger partial charge in [-0.3, -0.25) is 0 Å². The van der Waals surface area contributed by atoms with E-state index in [1.165, 1.54) is 11.1 Å². The van der Waals surface area contributed by atoms with Crippen molar-refractivity contribution >= 4 is 27.4 Å². The van der Waals surface area contributed by atoms with Crippen LogP contribution in [0.2, 0.25) is 0 Å². The number of thiophene rings is 1. The molecule has 22 heavy (non-hydrogen) atoms. The van der Waals surface area contributed by atoms with Gasteiger partial charge in [-0.15, -0.1) is 11.3 Å². The van der Waals surface area contributed by atoms with Crippen molar-refractivity contribution in [1.82, 2.24) is 9.97 Å². The first-order valence-electron chi connectivity index (χ1n) is 7.53. The average Bonchev–Trinajstić information content (AvgIpc) is 3.00. The molecular weight excluding hydrogens is 294 g/mol. The summed E-state index contributed by atoms with van der Waals surface area (Å²) < 4.78 is 0. The highest BCUT2D eigenvalue weighted by atomic mass is 32.1. The zero-order chi connectivity index (χ0) is 14.9. The number of benzene rings is 1. The van der Waals surface area contributed by atoms with Crippen molar-refractivity contribution in [3.05, 3.63) is 42.0 Å². The molecule has 0 amide bonds. The molecule has 5 heteroatoms. The molecule has 0 spiro atoms. The Morgan fingerprint density at radius 2 is 1.86 bits per heavy atom. The molecule has 1 fully saturated rings. The van der Waals surface area contributed by atoms with E-state index < -0.39 is 0 Å². The molecule has 0 atom stereocenters. The maximum atomic E-state index is 9.72. The van der Waals surface area contributed by atoms with Crippen molar-refractivity contribution in [2.45, 2.75) is 18.9 Å². The SMILES string of the molecule is OC1CCN(c2ncnc3scc(-c4ccccc4)c23)CC1. The van der Waals surface area contributed by atoms with Gasteiger partial charge in [0.05, 0.1) is 11.5 Å². The number of aliphatic hydroxyl groups excluding tert-OH is 1. The second kappa shape index (κ2) is 5.66. The van der Waals surface area contributed by atoms with Crippen LogP contribution in [-0.4, -0.2) is 34.3 Å². The van der Waals surface area contributed by atoms with Crippen LogP contribution in [0, 0.1) is 0 Å². The number of hydrogen-bond donors (Lipinski definition) is 1. The fourth-order valence-electron chi connectivity index (χ4n) is 3.01. The lowest BCUT2D eigenvalue weighted by Crippen LogP contribution is -2.36. The molecule has 0 bridgehead atoms. The van der Waals surface area contributed by atoms with Crippen LogP contribution in [-0.2, 0) is 0 Å². The third kappa shape index (κ3) is 2.36. The van der Waals surface area contributed by atoms with E-state index >= 15 is 0 Å². The number of anilines is 1. The molecule has 1 aliphatic rings. The summed E-state index contributed by atoms with van der Waals surface area (Å²) >= 11 is 1.66. The minimum Gasteiger partial charge on any atom is -0.393 e. The Hall–Kier alpha value is -1.98. The topological polar surface area (TPSA) is 49.2 Å². The first-order valence-corrected chi connectivity index (χ1v) is 8.41. The van der Waals surface area contributed by atoms with E-state index in [1.54, 1.807) is 17.7 Å². The number of nitrogens with zero attached hydrogens (tertiary/aromatic N) is 3. The second-order valence-corrected chi connectivity index (χ2v) is 6.47. The lowest BCUT2D eigenvalue weighted by Gasteiger charge is -2.31. The highest BCUT2D eigenvalue weighted by molar-refractivity contribution is 7.17. The van der Waals surface area contributed by atoms with Crippen LogP contribution in [0.1, 0.15) is 12.8 Å². The monoisotopic (exact) mass is 311 g/mol. The molecule has 0 aliphatic carbocycles. The van der Waals surface area contributed by atoms with E-state index in [0.717, 1.165) is 42.0 Å². The van der Waals surface area contributed by atoms with Gasteiger partial charge in [0.15, 0.2) is 0 Å². The van der Waals surface area contributed by atoms with Gasteiger partial charge < -0.3 is 10.0 Å². The molecule has 0 unspecified atom stereocenters. The van der Waals surface area contributed by atoms with Gasteiger partial charge in [0, 0.05) is 24.0 Å². The molecule has 1 N–H and O–H groups in total. The molecule has 4 rings (SSSR count). The summed E-state index contributed by atoms with van der Waals surface area (Å²) in [4.78, 5) is 12.3. The van der Waals surface area contributed by atoms with Crippen LogP contribution >= 0.6 is 11.3 Å². The van der Waals surface area contributed by atoms with Crippen LogP contribution in [0.25, 0.3) is 21.3 Å². The molecule has 0 saturated carbocycles. The number of piperidine rings is 1. The van der Waals surface area contributed by atoms with Crippen LogP contribution in [0.4, 0.5) is 5.82 Å². The van der Waals surface area contributed by atoms with Crippen molar-refractivity contribution in [2.75, 3.05) is 18.0 Å². The molecule has 3 aromatic rings. The fraction of sp³-hybridized carbons (Fsp3) is 0.294. The normalized spacial score (nSPS) is 16.3. The van der Waals surface area contributed by atoms with Crippen molar-refractivity contribution in [3.8, 4) is 11.1 Å². The summed E-state index contributed by atoms with van der Waals surface area (Å²) in [5.41, 5.74) is 2.39. The maximum absolute atomic E-state index is 9.72. The van der Waals surface area contributed by atoms with E-state index in [4.69, 9.17) is 0 Å². The lowest BCUT2D eigenvalue weighted by molar-refractivity contribution is 0.145. The second-order valence-electron chi connectivity index (χ2n) is 5.61. The van der Waals surface area contributed by atoms with E-state index in [0.29, 0.717) is 0 Å². The number of rotatable bonds is 2. The van der Waals surface area contributed by atoms with Crippen molar-refractivity contribution in [3.63, 3.8) is 0 Å². The van der Waals surface area contributed by atoms with Gasteiger partial charge >= 0.3 is 0 Å². The largest absolute Gasteiger partial charge is 0.393 e. The Kier molecular flexibility index (Phi) is 3.52. The standard InChI is InChI=1S/C17H17N3OS/c21-13-6-8-20(9-7-13)16-15-14(12-4-2-1-3-5-12)10-22-17(15)19-11-18-16/h1-5,10-11,13,21H,6-9H2. The first kappa shape index (κ1) is 13.7. The predicted octanol–water partition coefficient (Wildman–Crippen LogP) is 3.32. The van der Waals surface area contributed by atoms with E-state index in [9.17, 15) is 5.11 Å². The Morgan fingerprint density at radius 1 is 1.09 bits per heavy atom. The van der Waals surface area contributed by atoms with Gasteiger partial charge in [-0.1, -0.05) is 30.3 Å². The minimum atomic E-state index is -0.176. The van der Waals surface area contributed by atoms with Crippen molar-refractivity contribution in [1.29, 1.82) is 0 Å². The first-order chi connectivity index (χ1) is 10.8.